The zero-order chi connectivity index (χ0) is 19.5. The van der Waals surface area contributed by atoms with Crippen molar-refractivity contribution in [3.8, 4) is 5.88 Å². The maximum absolute atomic E-state index is 11.6. The second-order valence-corrected chi connectivity index (χ2v) is 6.82. The van der Waals surface area contributed by atoms with E-state index in [1.807, 2.05) is 31.4 Å². The molecule has 3 heterocycles. The fourth-order valence-corrected chi connectivity index (χ4v) is 3.04. The summed E-state index contributed by atoms with van der Waals surface area (Å²) in [6.45, 7) is 1.01. The van der Waals surface area contributed by atoms with Crippen molar-refractivity contribution < 1.29 is 9.53 Å². The van der Waals surface area contributed by atoms with Gasteiger partial charge in [-0.15, -0.1) is 0 Å². The Balaban J connectivity index is 1.40. The predicted octanol–water partition coefficient (Wildman–Crippen LogP) is 1.50. The van der Waals surface area contributed by atoms with E-state index in [-0.39, 0.29) is 5.82 Å². The van der Waals surface area contributed by atoms with Gasteiger partial charge < -0.3 is 15.8 Å². The van der Waals surface area contributed by atoms with E-state index >= 15 is 0 Å². The number of rotatable bonds is 8. The fourth-order valence-electron chi connectivity index (χ4n) is 3.04. The molecule has 0 unspecified atom stereocenters. The lowest BCUT2D eigenvalue weighted by molar-refractivity contribution is 0.0989. The van der Waals surface area contributed by atoms with Crippen LogP contribution in [0.3, 0.4) is 0 Å². The number of anilines is 1. The molecule has 0 spiro atoms. The molecule has 28 heavy (non-hydrogen) atoms. The summed E-state index contributed by atoms with van der Waals surface area (Å²) in [5.74, 6) is 0.801. The molecule has 1 fully saturated rings. The number of hydrogen-bond donors (Lipinski definition) is 2. The number of carbonyl (C=O) groups is 1. The Morgan fingerprint density at radius 3 is 3.00 bits per heavy atom. The number of amides is 1. The molecule has 3 N–H and O–H groups in total. The Hall–Kier alpha value is -3.49. The first-order valence-corrected chi connectivity index (χ1v) is 9.02. The van der Waals surface area contributed by atoms with Crippen LogP contribution < -0.4 is 15.8 Å². The van der Waals surface area contributed by atoms with Gasteiger partial charge in [-0.05, 0) is 18.6 Å². The minimum atomic E-state index is -0.701. The van der Waals surface area contributed by atoms with Crippen molar-refractivity contribution in [2.24, 2.45) is 18.7 Å². The van der Waals surface area contributed by atoms with Crippen molar-refractivity contribution in [1.82, 2.24) is 24.7 Å². The fraction of sp³-hybridized carbons (Fsp3) is 0.316. The number of carbonyl (C=O) groups excluding carboxylic acids is 1. The van der Waals surface area contributed by atoms with Crippen molar-refractivity contribution in [2.45, 2.75) is 18.9 Å². The van der Waals surface area contributed by atoms with Crippen molar-refractivity contribution >= 4 is 11.7 Å². The first-order valence-electron chi connectivity index (χ1n) is 9.02. The average Bonchev–Trinajstić information content (AvgIpc) is 3.37. The van der Waals surface area contributed by atoms with Gasteiger partial charge in [0.15, 0.2) is 0 Å². The Morgan fingerprint density at radius 1 is 1.39 bits per heavy atom. The van der Waals surface area contributed by atoms with Gasteiger partial charge in [0.05, 0.1) is 12.8 Å². The van der Waals surface area contributed by atoms with Gasteiger partial charge in [-0.3, -0.25) is 14.5 Å². The average molecular weight is 379 g/mol. The molecule has 0 radical (unpaired) electrons. The van der Waals surface area contributed by atoms with Crippen LogP contribution in [0.4, 0.5) is 5.82 Å². The first-order chi connectivity index (χ1) is 13.6. The van der Waals surface area contributed by atoms with E-state index in [2.05, 4.69) is 25.4 Å². The molecule has 9 nitrogen and oxygen atoms in total. The lowest BCUT2D eigenvalue weighted by Gasteiger charge is -2.09. The number of primary amides is 1. The quantitative estimate of drug-likeness (QED) is 0.608. The van der Waals surface area contributed by atoms with E-state index < -0.39 is 5.91 Å². The van der Waals surface area contributed by atoms with Crippen molar-refractivity contribution in [2.75, 3.05) is 11.9 Å². The summed E-state index contributed by atoms with van der Waals surface area (Å²) in [6, 6.07) is 7.59. The van der Waals surface area contributed by atoms with E-state index in [0.717, 1.165) is 17.7 Å². The Labute approximate surface area is 162 Å². The number of hydrogen-bond acceptors (Lipinski definition) is 7. The van der Waals surface area contributed by atoms with Gasteiger partial charge in [0, 0.05) is 55.1 Å². The third kappa shape index (κ3) is 4.25. The number of aromatic nitrogens is 5. The van der Waals surface area contributed by atoms with E-state index in [4.69, 9.17) is 10.5 Å². The summed E-state index contributed by atoms with van der Waals surface area (Å²) in [6.07, 6.45) is 6.48. The minimum Gasteiger partial charge on any atom is -0.477 e. The van der Waals surface area contributed by atoms with Crippen LogP contribution in [0.1, 0.15) is 34.2 Å². The van der Waals surface area contributed by atoms with Gasteiger partial charge in [-0.1, -0.05) is 6.07 Å². The molecule has 0 saturated heterocycles. The molecular formula is C19H21N7O2. The van der Waals surface area contributed by atoms with Gasteiger partial charge in [-0.25, -0.2) is 4.98 Å². The normalized spacial score (nSPS) is 17.9. The molecule has 2 atom stereocenters. The predicted molar refractivity (Wildman–Crippen MR) is 102 cm³/mol. The van der Waals surface area contributed by atoms with Crippen molar-refractivity contribution in [1.29, 1.82) is 0 Å². The van der Waals surface area contributed by atoms with Crippen molar-refractivity contribution in [3.05, 3.63) is 59.9 Å². The molecule has 0 aromatic carbocycles. The highest BCUT2D eigenvalue weighted by atomic mass is 16.5. The smallest absolute Gasteiger partial charge is 0.286 e. The topological polar surface area (TPSA) is 121 Å². The monoisotopic (exact) mass is 379 g/mol. The van der Waals surface area contributed by atoms with Gasteiger partial charge in [-0.2, -0.15) is 10.1 Å². The second-order valence-electron chi connectivity index (χ2n) is 6.82. The molecule has 3 aromatic heterocycles. The third-order valence-electron chi connectivity index (χ3n) is 4.59. The van der Waals surface area contributed by atoms with Crippen LogP contribution in [0, 0.1) is 5.92 Å². The number of nitrogens with two attached hydrogens (primary N) is 1. The summed E-state index contributed by atoms with van der Waals surface area (Å²) in [5.41, 5.74) is 7.43. The van der Waals surface area contributed by atoms with Crippen LogP contribution >= 0.6 is 0 Å². The van der Waals surface area contributed by atoms with Crippen LogP contribution in [0.2, 0.25) is 0 Å². The SMILES string of the molecule is Cn1cc(CNc2cc(OC[C@H]3C[C@@H]3c3ccccn3)nc(C(N)=O)n2)cn1. The summed E-state index contributed by atoms with van der Waals surface area (Å²) < 4.78 is 7.54. The number of pyridine rings is 1. The summed E-state index contributed by atoms with van der Waals surface area (Å²) in [7, 11) is 1.85. The lowest BCUT2D eigenvalue weighted by Crippen LogP contribution is -2.17. The summed E-state index contributed by atoms with van der Waals surface area (Å²) in [4.78, 5) is 24.2. The highest BCUT2D eigenvalue weighted by molar-refractivity contribution is 5.89. The molecule has 1 amide bonds. The van der Waals surface area contributed by atoms with Gasteiger partial charge in [0.2, 0.25) is 11.7 Å². The highest BCUT2D eigenvalue weighted by Crippen LogP contribution is 2.46. The molecule has 0 bridgehead atoms. The van der Waals surface area contributed by atoms with E-state index in [1.54, 1.807) is 23.1 Å². The highest BCUT2D eigenvalue weighted by Gasteiger charge is 2.39. The third-order valence-corrected chi connectivity index (χ3v) is 4.59. The Morgan fingerprint density at radius 2 is 2.29 bits per heavy atom. The largest absolute Gasteiger partial charge is 0.477 e. The minimum absolute atomic E-state index is 0.0803. The van der Waals surface area contributed by atoms with Crippen LogP contribution in [0.15, 0.2) is 42.9 Å². The van der Waals surface area contributed by atoms with Crippen LogP contribution in [0.5, 0.6) is 5.88 Å². The number of aryl methyl sites for hydroxylation is 1. The molecule has 1 saturated carbocycles. The van der Waals surface area contributed by atoms with E-state index in [1.165, 1.54) is 0 Å². The van der Waals surface area contributed by atoms with E-state index in [9.17, 15) is 4.79 Å². The molecule has 3 aromatic rings. The van der Waals surface area contributed by atoms with Crippen LogP contribution in [0.25, 0.3) is 0 Å². The summed E-state index contributed by atoms with van der Waals surface area (Å²) in [5, 5.41) is 7.27. The number of ether oxygens (including phenoxy) is 1. The molecule has 1 aliphatic carbocycles. The second kappa shape index (κ2) is 7.63. The standard InChI is InChI=1S/C19H21N7O2/c1-26-10-12(9-23-26)8-22-16-7-17(25-19(24-16)18(20)27)28-11-13-6-14(13)15-4-2-3-5-21-15/h2-5,7,9-10,13-14H,6,8,11H2,1H3,(H2,20,27)(H,22,24,25)/t13-,14+/m1/s1. The van der Waals surface area contributed by atoms with E-state index in [0.29, 0.717) is 36.7 Å². The lowest BCUT2D eigenvalue weighted by atomic mass is 10.2. The maximum atomic E-state index is 11.6. The number of nitrogens with zero attached hydrogens (tertiary/aromatic N) is 5. The first kappa shape index (κ1) is 17.9. The molecule has 0 aliphatic heterocycles. The molecule has 4 rings (SSSR count). The number of nitrogens with one attached hydrogen (secondary N) is 1. The molecular weight excluding hydrogens is 358 g/mol. The van der Waals surface area contributed by atoms with Crippen LogP contribution in [-0.2, 0) is 13.6 Å². The van der Waals surface area contributed by atoms with Gasteiger partial charge in [0.1, 0.15) is 5.82 Å². The van der Waals surface area contributed by atoms with Gasteiger partial charge >= 0.3 is 0 Å². The molecule has 144 valence electrons. The maximum Gasteiger partial charge on any atom is 0.286 e. The zero-order valence-electron chi connectivity index (χ0n) is 15.4. The van der Waals surface area contributed by atoms with Gasteiger partial charge in [0.25, 0.3) is 5.91 Å². The van der Waals surface area contributed by atoms with Crippen LogP contribution in [-0.4, -0.2) is 37.2 Å². The Kier molecular flexibility index (Phi) is 4.88. The molecule has 9 heteroatoms. The Bertz CT molecular complexity index is 973. The summed E-state index contributed by atoms with van der Waals surface area (Å²) >= 11 is 0. The zero-order valence-corrected chi connectivity index (χ0v) is 15.4. The van der Waals surface area contributed by atoms with Crippen molar-refractivity contribution in [3.63, 3.8) is 0 Å². The molecule has 1 aliphatic rings.